The molecule has 0 atom stereocenters. The zero-order chi connectivity index (χ0) is 26.8. The summed E-state index contributed by atoms with van der Waals surface area (Å²) >= 11 is 1.42. The first kappa shape index (κ1) is 24.4. The average Bonchev–Trinajstić information content (AvgIpc) is 3.61. The molecule has 3 aromatic heterocycles. The largest absolute Gasteiger partial charge is 0.422 e. The Morgan fingerprint density at radius 1 is 0.923 bits per heavy atom. The Bertz CT molecular complexity index is 1890. The van der Waals surface area contributed by atoms with Gasteiger partial charge in [-0.05, 0) is 23.1 Å². The SMILES string of the molecule is O=C(Cc1cc(=O)oc2c1ccc1ccccc12)NCc1cn(Cc2ccc(C(=O)c3ccccc3)s2)nn1. The number of carbonyl (C=O) groups is 2. The van der Waals surface area contributed by atoms with Crippen molar-refractivity contribution in [2.24, 2.45) is 0 Å². The molecule has 9 heteroatoms. The van der Waals surface area contributed by atoms with E-state index in [-0.39, 0.29) is 24.7 Å². The monoisotopic (exact) mass is 534 g/mol. The van der Waals surface area contributed by atoms with Gasteiger partial charge in [-0.15, -0.1) is 16.4 Å². The minimum Gasteiger partial charge on any atom is -0.422 e. The Balaban J connectivity index is 1.10. The van der Waals surface area contributed by atoms with Crippen molar-refractivity contribution in [3.05, 3.63) is 128 Å². The van der Waals surface area contributed by atoms with Crippen molar-refractivity contribution in [1.82, 2.24) is 20.3 Å². The highest BCUT2D eigenvalue weighted by atomic mass is 32.1. The lowest BCUT2D eigenvalue weighted by Gasteiger charge is -2.08. The first-order valence-electron chi connectivity index (χ1n) is 12.3. The second-order valence-corrected chi connectivity index (χ2v) is 10.2. The Hall–Kier alpha value is -4.89. The number of hydrogen-bond donors (Lipinski definition) is 1. The van der Waals surface area contributed by atoms with Crippen molar-refractivity contribution in [3.63, 3.8) is 0 Å². The number of amides is 1. The molecule has 3 aromatic carbocycles. The van der Waals surface area contributed by atoms with Gasteiger partial charge < -0.3 is 9.73 Å². The summed E-state index contributed by atoms with van der Waals surface area (Å²) in [5.41, 5.74) is 1.85. The first-order chi connectivity index (χ1) is 19.0. The third-order valence-corrected chi connectivity index (χ3v) is 7.43. The summed E-state index contributed by atoms with van der Waals surface area (Å²) in [4.78, 5) is 39.3. The molecule has 8 nitrogen and oxygen atoms in total. The molecule has 0 spiro atoms. The molecule has 6 rings (SSSR count). The number of aromatic nitrogens is 3. The number of rotatable bonds is 8. The molecule has 1 N–H and O–H groups in total. The molecule has 0 aliphatic rings. The van der Waals surface area contributed by atoms with Gasteiger partial charge >= 0.3 is 5.63 Å². The van der Waals surface area contributed by atoms with Gasteiger partial charge in [-0.3, -0.25) is 9.59 Å². The maximum absolute atomic E-state index is 12.8. The standard InChI is InChI=1S/C30H22N4O4S/c35-27(14-21-15-28(36)38-30-24-9-5-4-6-19(24)10-12-25(21)30)31-16-22-17-34(33-32-22)18-23-11-13-26(39-23)29(37)20-7-2-1-3-8-20/h1-13,15,17H,14,16,18H2,(H,31,35). The second kappa shape index (κ2) is 10.5. The van der Waals surface area contributed by atoms with Crippen LogP contribution in [-0.4, -0.2) is 26.7 Å². The molecule has 0 fully saturated rings. The van der Waals surface area contributed by atoms with Gasteiger partial charge in [0.2, 0.25) is 11.7 Å². The summed E-state index contributed by atoms with van der Waals surface area (Å²) in [7, 11) is 0. The summed E-state index contributed by atoms with van der Waals surface area (Å²) in [6.07, 6.45) is 1.79. The van der Waals surface area contributed by atoms with Crippen molar-refractivity contribution in [3.8, 4) is 0 Å². The minimum absolute atomic E-state index is 0.00834. The van der Waals surface area contributed by atoms with Gasteiger partial charge in [-0.2, -0.15) is 0 Å². The molecule has 6 aromatic rings. The van der Waals surface area contributed by atoms with E-state index in [0.29, 0.717) is 33.8 Å². The van der Waals surface area contributed by atoms with Gasteiger partial charge in [0, 0.05) is 27.3 Å². The minimum atomic E-state index is -0.494. The van der Waals surface area contributed by atoms with E-state index in [1.807, 2.05) is 66.7 Å². The molecule has 192 valence electrons. The van der Waals surface area contributed by atoms with Crippen LogP contribution in [0, 0.1) is 0 Å². The topological polar surface area (TPSA) is 107 Å². The lowest BCUT2D eigenvalue weighted by Crippen LogP contribution is -2.25. The fourth-order valence-electron chi connectivity index (χ4n) is 4.50. The number of hydrogen-bond acceptors (Lipinski definition) is 7. The van der Waals surface area contributed by atoms with E-state index in [1.54, 1.807) is 23.0 Å². The van der Waals surface area contributed by atoms with Crippen molar-refractivity contribution in [2.75, 3.05) is 0 Å². The van der Waals surface area contributed by atoms with E-state index in [1.165, 1.54) is 17.4 Å². The van der Waals surface area contributed by atoms with Gasteiger partial charge in [-0.1, -0.05) is 71.9 Å². The van der Waals surface area contributed by atoms with Gasteiger partial charge in [-0.25, -0.2) is 9.48 Å². The summed E-state index contributed by atoms with van der Waals surface area (Å²) in [5, 5.41) is 13.7. The number of ketones is 1. The molecule has 0 saturated heterocycles. The van der Waals surface area contributed by atoms with Crippen LogP contribution in [0.3, 0.4) is 0 Å². The maximum Gasteiger partial charge on any atom is 0.336 e. The Morgan fingerprint density at radius 2 is 1.74 bits per heavy atom. The van der Waals surface area contributed by atoms with Crippen LogP contribution in [0.4, 0.5) is 0 Å². The van der Waals surface area contributed by atoms with Crippen LogP contribution < -0.4 is 10.9 Å². The molecule has 3 heterocycles. The number of benzene rings is 3. The van der Waals surface area contributed by atoms with Crippen LogP contribution in [0.15, 0.2) is 100 Å². The zero-order valence-electron chi connectivity index (χ0n) is 20.7. The van der Waals surface area contributed by atoms with Crippen molar-refractivity contribution in [1.29, 1.82) is 0 Å². The number of carbonyl (C=O) groups excluding carboxylic acids is 2. The number of thiophene rings is 1. The fraction of sp³-hybridized carbons (Fsp3) is 0.100. The second-order valence-electron chi connectivity index (χ2n) is 9.08. The predicted octanol–water partition coefficient (Wildman–Crippen LogP) is 4.74. The highest BCUT2D eigenvalue weighted by Gasteiger charge is 2.14. The Morgan fingerprint density at radius 3 is 2.62 bits per heavy atom. The predicted molar refractivity (Wildman–Crippen MR) is 149 cm³/mol. The van der Waals surface area contributed by atoms with Gasteiger partial charge in [0.1, 0.15) is 11.3 Å². The van der Waals surface area contributed by atoms with Gasteiger partial charge in [0.15, 0.2) is 0 Å². The number of nitrogens with zero attached hydrogens (tertiary/aromatic N) is 3. The maximum atomic E-state index is 12.8. The van der Waals surface area contributed by atoms with Crippen molar-refractivity contribution in [2.45, 2.75) is 19.5 Å². The summed E-state index contributed by atoms with van der Waals surface area (Å²) in [6, 6.07) is 25.7. The zero-order valence-corrected chi connectivity index (χ0v) is 21.5. The molecule has 0 radical (unpaired) electrons. The van der Waals surface area contributed by atoms with E-state index in [2.05, 4.69) is 15.6 Å². The normalized spacial score (nSPS) is 11.2. The summed E-state index contributed by atoms with van der Waals surface area (Å²) in [5.74, 6) is -0.252. The molecular formula is C30H22N4O4S. The molecule has 0 aliphatic heterocycles. The van der Waals surface area contributed by atoms with E-state index in [4.69, 9.17) is 4.42 Å². The molecule has 0 saturated carbocycles. The van der Waals surface area contributed by atoms with E-state index in [0.717, 1.165) is 21.0 Å². The highest BCUT2D eigenvalue weighted by Crippen LogP contribution is 2.27. The molecule has 0 bridgehead atoms. The Labute approximate surface area is 226 Å². The quantitative estimate of drug-likeness (QED) is 0.172. The first-order valence-corrected chi connectivity index (χ1v) is 13.1. The third kappa shape index (κ3) is 5.25. The average molecular weight is 535 g/mol. The van der Waals surface area contributed by atoms with Crippen molar-refractivity contribution >= 4 is 44.8 Å². The van der Waals surface area contributed by atoms with Crippen molar-refractivity contribution < 1.29 is 14.0 Å². The lowest BCUT2D eigenvalue weighted by atomic mass is 10.0. The van der Waals surface area contributed by atoms with E-state index in [9.17, 15) is 14.4 Å². The molecule has 39 heavy (non-hydrogen) atoms. The fourth-order valence-corrected chi connectivity index (χ4v) is 5.46. The highest BCUT2D eigenvalue weighted by molar-refractivity contribution is 7.14. The van der Waals surface area contributed by atoms with Crippen LogP contribution in [0.25, 0.3) is 21.7 Å². The molecule has 0 aliphatic carbocycles. The van der Waals surface area contributed by atoms with Crippen LogP contribution in [-0.2, 0) is 24.3 Å². The third-order valence-electron chi connectivity index (χ3n) is 6.36. The molecular weight excluding hydrogens is 512 g/mol. The molecule has 0 unspecified atom stereocenters. The van der Waals surface area contributed by atoms with Gasteiger partial charge in [0.05, 0.1) is 30.6 Å². The lowest BCUT2D eigenvalue weighted by molar-refractivity contribution is -0.120. The molecule has 1 amide bonds. The Kier molecular flexibility index (Phi) is 6.56. The summed E-state index contributed by atoms with van der Waals surface area (Å²) in [6.45, 7) is 0.663. The van der Waals surface area contributed by atoms with Gasteiger partial charge in [0.25, 0.3) is 0 Å². The van der Waals surface area contributed by atoms with E-state index < -0.39 is 5.63 Å². The number of fused-ring (bicyclic) bond motifs is 3. The smallest absolute Gasteiger partial charge is 0.336 e. The van der Waals surface area contributed by atoms with Crippen LogP contribution in [0.1, 0.15) is 31.4 Å². The number of nitrogens with one attached hydrogen (secondary N) is 1. The van der Waals surface area contributed by atoms with Crippen LogP contribution >= 0.6 is 11.3 Å². The van der Waals surface area contributed by atoms with E-state index >= 15 is 0 Å². The van der Waals surface area contributed by atoms with Crippen LogP contribution in [0.5, 0.6) is 0 Å². The summed E-state index contributed by atoms with van der Waals surface area (Å²) < 4.78 is 7.16. The van der Waals surface area contributed by atoms with Crippen LogP contribution in [0.2, 0.25) is 0 Å².